The number of aliphatic hydroxyl groups is 1. The van der Waals surface area contributed by atoms with Gasteiger partial charge in [-0.05, 0) is 70.1 Å². The van der Waals surface area contributed by atoms with Gasteiger partial charge in [-0.2, -0.15) is 0 Å². The second-order valence-corrected chi connectivity index (χ2v) is 9.33. The summed E-state index contributed by atoms with van der Waals surface area (Å²) < 4.78 is 22.1. The summed E-state index contributed by atoms with van der Waals surface area (Å²) in [5.74, 6) is 3.43. The highest BCUT2D eigenvalue weighted by Gasteiger charge is 2.39. The Hall–Kier alpha value is -2.44. The maximum atomic E-state index is 10.8. The minimum Gasteiger partial charge on any atom is -0.493 e. The molecule has 0 aliphatic heterocycles. The van der Waals surface area contributed by atoms with E-state index in [1.165, 1.54) is 5.56 Å². The molecule has 0 saturated heterocycles. The van der Waals surface area contributed by atoms with Crippen molar-refractivity contribution in [2.45, 2.75) is 57.7 Å². The van der Waals surface area contributed by atoms with Crippen LogP contribution in [0.5, 0.6) is 28.7 Å². The highest BCUT2D eigenvalue weighted by molar-refractivity contribution is 5.56. The zero-order valence-corrected chi connectivity index (χ0v) is 19.5. The second kappa shape index (κ2) is 9.37. The van der Waals surface area contributed by atoms with Gasteiger partial charge in [-0.1, -0.05) is 12.1 Å². The number of benzene rings is 2. The van der Waals surface area contributed by atoms with Crippen LogP contribution in [0.25, 0.3) is 0 Å². The first kappa shape index (κ1) is 23.2. The van der Waals surface area contributed by atoms with Crippen LogP contribution in [0.1, 0.15) is 45.6 Å². The lowest BCUT2D eigenvalue weighted by molar-refractivity contribution is -0.0138. The summed E-state index contributed by atoms with van der Waals surface area (Å²) in [5, 5.41) is 14.2. The zero-order chi connectivity index (χ0) is 22.6. The Balaban J connectivity index is 1.64. The number of rotatable bonds is 8. The first-order chi connectivity index (χ1) is 14.6. The summed E-state index contributed by atoms with van der Waals surface area (Å²) in [6.07, 6.45) is 3.52. The summed E-state index contributed by atoms with van der Waals surface area (Å²) >= 11 is 0. The van der Waals surface area contributed by atoms with Crippen molar-refractivity contribution >= 4 is 0 Å². The van der Waals surface area contributed by atoms with Gasteiger partial charge in [0.25, 0.3) is 0 Å². The topological polar surface area (TPSA) is 69.2 Å². The molecule has 0 spiro atoms. The van der Waals surface area contributed by atoms with Crippen molar-refractivity contribution in [3.05, 3.63) is 42.0 Å². The molecule has 1 fully saturated rings. The number of ether oxygens (including phenoxy) is 4. The van der Waals surface area contributed by atoms with E-state index in [-0.39, 0.29) is 5.54 Å². The number of methoxy groups -OCH3 is 3. The highest BCUT2D eigenvalue weighted by atomic mass is 16.5. The second-order valence-electron chi connectivity index (χ2n) is 9.33. The van der Waals surface area contributed by atoms with E-state index in [4.69, 9.17) is 18.9 Å². The molecule has 170 valence electrons. The summed E-state index contributed by atoms with van der Waals surface area (Å²) in [4.78, 5) is 0. The van der Waals surface area contributed by atoms with Gasteiger partial charge in [0.1, 0.15) is 17.2 Å². The van der Waals surface area contributed by atoms with Gasteiger partial charge in [0.05, 0.1) is 21.3 Å². The van der Waals surface area contributed by atoms with E-state index in [0.29, 0.717) is 28.9 Å². The van der Waals surface area contributed by atoms with Crippen molar-refractivity contribution in [3.8, 4) is 28.7 Å². The van der Waals surface area contributed by atoms with Crippen LogP contribution in [0.3, 0.4) is 0 Å². The lowest BCUT2D eigenvalue weighted by Crippen LogP contribution is -2.52. The van der Waals surface area contributed by atoms with Crippen LogP contribution in [0.4, 0.5) is 0 Å². The van der Waals surface area contributed by atoms with Crippen molar-refractivity contribution in [2.75, 3.05) is 21.3 Å². The molecule has 2 N–H and O–H groups in total. The quantitative estimate of drug-likeness (QED) is 0.580. The smallest absolute Gasteiger partial charge is 0.203 e. The Kier molecular flexibility index (Phi) is 7.02. The molecule has 31 heavy (non-hydrogen) atoms. The first-order valence-electron chi connectivity index (χ1n) is 10.7. The Morgan fingerprint density at radius 2 is 1.58 bits per heavy atom. The molecule has 0 radical (unpaired) electrons. The van der Waals surface area contributed by atoms with Gasteiger partial charge in [-0.15, -0.1) is 0 Å². The molecule has 2 atom stereocenters. The molecule has 0 heterocycles. The Bertz CT molecular complexity index is 849. The number of hydrogen-bond donors (Lipinski definition) is 2. The van der Waals surface area contributed by atoms with Gasteiger partial charge in [0.2, 0.25) is 5.75 Å². The van der Waals surface area contributed by atoms with Crippen LogP contribution < -0.4 is 24.3 Å². The average Bonchev–Trinajstić information content (AvgIpc) is 3.06. The third-order valence-corrected chi connectivity index (χ3v) is 5.52. The summed E-state index contributed by atoms with van der Waals surface area (Å²) in [6.45, 7) is 6.26. The van der Waals surface area contributed by atoms with Crippen LogP contribution in [0.15, 0.2) is 36.4 Å². The van der Waals surface area contributed by atoms with Crippen LogP contribution in [-0.2, 0) is 6.42 Å². The molecule has 1 aliphatic rings. The maximum absolute atomic E-state index is 10.8. The van der Waals surface area contributed by atoms with E-state index in [1.54, 1.807) is 33.5 Å². The normalized spacial score (nSPS) is 21.1. The van der Waals surface area contributed by atoms with Crippen molar-refractivity contribution < 1.29 is 24.1 Å². The fraction of sp³-hybridized carbons (Fsp3) is 0.520. The number of hydrogen-bond acceptors (Lipinski definition) is 6. The van der Waals surface area contributed by atoms with Crippen molar-refractivity contribution in [3.63, 3.8) is 0 Å². The standard InChI is InChI=1S/C25H35NO5/c1-24(2,3)26-25(27)12-11-18(16-25)13-17-7-9-19(10-8-17)31-20-14-21(28-4)23(30-6)22(15-20)29-5/h7-10,14-15,18,26-27H,11-13,16H2,1-6H3. The van der Waals surface area contributed by atoms with E-state index in [1.807, 2.05) is 12.1 Å². The van der Waals surface area contributed by atoms with E-state index >= 15 is 0 Å². The summed E-state index contributed by atoms with van der Waals surface area (Å²) in [6, 6.07) is 11.7. The molecule has 0 amide bonds. The molecule has 2 aromatic rings. The lowest BCUT2D eigenvalue weighted by Gasteiger charge is -2.33. The third kappa shape index (κ3) is 6.05. The first-order valence-corrected chi connectivity index (χ1v) is 10.7. The molecule has 3 rings (SSSR count). The van der Waals surface area contributed by atoms with Gasteiger partial charge in [-0.25, -0.2) is 0 Å². The monoisotopic (exact) mass is 429 g/mol. The molecule has 1 aliphatic carbocycles. The van der Waals surface area contributed by atoms with Gasteiger partial charge >= 0.3 is 0 Å². The van der Waals surface area contributed by atoms with Crippen LogP contribution in [0.2, 0.25) is 0 Å². The molecule has 2 unspecified atom stereocenters. The van der Waals surface area contributed by atoms with Gasteiger partial charge < -0.3 is 24.1 Å². The molecule has 0 bridgehead atoms. The minimum atomic E-state index is -0.765. The Labute approximate surface area is 185 Å². The van der Waals surface area contributed by atoms with Crippen molar-refractivity contribution in [2.24, 2.45) is 5.92 Å². The summed E-state index contributed by atoms with van der Waals surface area (Å²) in [5.41, 5.74) is 0.371. The maximum Gasteiger partial charge on any atom is 0.203 e. The molecule has 2 aromatic carbocycles. The molecular formula is C25H35NO5. The Morgan fingerprint density at radius 3 is 2.10 bits per heavy atom. The SMILES string of the molecule is COc1cc(Oc2ccc(CC3CCC(O)(NC(C)(C)C)C3)cc2)cc(OC)c1OC. The van der Waals surface area contributed by atoms with Crippen LogP contribution >= 0.6 is 0 Å². The van der Waals surface area contributed by atoms with Crippen molar-refractivity contribution in [1.82, 2.24) is 5.32 Å². The van der Waals surface area contributed by atoms with E-state index in [9.17, 15) is 5.11 Å². The molecule has 6 nitrogen and oxygen atoms in total. The largest absolute Gasteiger partial charge is 0.493 e. The van der Waals surface area contributed by atoms with Crippen molar-refractivity contribution in [1.29, 1.82) is 0 Å². The Morgan fingerprint density at radius 1 is 0.968 bits per heavy atom. The van der Waals surface area contributed by atoms with Gasteiger partial charge in [0, 0.05) is 17.7 Å². The predicted molar refractivity (Wildman–Crippen MR) is 121 cm³/mol. The average molecular weight is 430 g/mol. The van der Waals surface area contributed by atoms with Crippen LogP contribution in [0, 0.1) is 5.92 Å². The number of nitrogens with one attached hydrogen (secondary N) is 1. The zero-order valence-electron chi connectivity index (χ0n) is 19.5. The fourth-order valence-corrected chi connectivity index (χ4v) is 4.39. The molecule has 1 saturated carbocycles. The lowest BCUT2D eigenvalue weighted by atomic mass is 9.96. The fourth-order valence-electron chi connectivity index (χ4n) is 4.39. The molecule has 6 heteroatoms. The van der Waals surface area contributed by atoms with Crippen LogP contribution in [-0.4, -0.2) is 37.7 Å². The van der Waals surface area contributed by atoms with Gasteiger partial charge in [-0.3, -0.25) is 5.32 Å². The molecular weight excluding hydrogens is 394 g/mol. The molecule has 0 aromatic heterocycles. The predicted octanol–water partition coefficient (Wildman–Crippen LogP) is 4.92. The van der Waals surface area contributed by atoms with E-state index in [2.05, 4.69) is 38.2 Å². The van der Waals surface area contributed by atoms with E-state index in [0.717, 1.165) is 31.4 Å². The minimum absolute atomic E-state index is 0.102. The third-order valence-electron chi connectivity index (χ3n) is 5.52. The van der Waals surface area contributed by atoms with E-state index < -0.39 is 5.72 Å². The highest BCUT2D eigenvalue weighted by Crippen LogP contribution is 2.42. The van der Waals surface area contributed by atoms with Gasteiger partial charge in [0.15, 0.2) is 11.5 Å². The summed E-state index contributed by atoms with van der Waals surface area (Å²) in [7, 11) is 4.73.